The van der Waals surface area contributed by atoms with Gasteiger partial charge in [-0.25, -0.2) is 4.98 Å². The molecule has 1 aromatic heterocycles. The third-order valence-electron chi connectivity index (χ3n) is 4.79. The minimum absolute atomic E-state index is 0.537. The Morgan fingerprint density at radius 1 is 1.17 bits per heavy atom. The Morgan fingerprint density at radius 2 is 2.00 bits per heavy atom. The Morgan fingerprint density at radius 3 is 2.78 bits per heavy atom. The zero-order chi connectivity index (χ0) is 12.4. The lowest BCUT2D eigenvalue weighted by atomic mass is 9.85. The lowest BCUT2D eigenvalue weighted by molar-refractivity contribution is 0.245. The molecule has 18 heavy (non-hydrogen) atoms. The number of nitrogens with one attached hydrogen (secondary N) is 1. The number of hydrogen-bond acceptors (Lipinski definition) is 2. The van der Waals surface area contributed by atoms with Crippen molar-refractivity contribution in [1.82, 2.24) is 14.9 Å². The van der Waals surface area contributed by atoms with E-state index in [9.17, 15) is 0 Å². The molecule has 2 fully saturated rings. The van der Waals surface area contributed by atoms with Crippen LogP contribution in [0.5, 0.6) is 0 Å². The molecule has 0 radical (unpaired) electrons. The van der Waals surface area contributed by atoms with Gasteiger partial charge in [0.15, 0.2) is 0 Å². The number of imidazole rings is 1. The van der Waals surface area contributed by atoms with Gasteiger partial charge in [0.25, 0.3) is 0 Å². The molecule has 1 aromatic rings. The fraction of sp³-hybridized carbons (Fsp3) is 0.800. The third kappa shape index (κ3) is 2.33. The molecule has 3 atom stereocenters. The van der Waals surface area contributed by atoms with Crippen molar-refractivity contribution in [1.29, 1.82) is 0 Å². The minimum Gasteiger partial charge on any atom is -0.330 e. The van der Waals surface area contributed by atoms with Gasteiger partial charge in [0.05, 0.1) is 12.0 Å². The van der Waals surface area contributed by atoms with Gasteiger partial charge in [-0.3, -0.25) is 0 Å². The number of rotatable bonds is 2. The highest BCUT2D eigenvalue weighted by Gasteiger charge is 2.27. The van der Waals surface area contributed by atoms with E-state index in [-0.39, 0.29) is 0 Å². The van der Waals surface area contributed by atoms with E-state index < -0.39 is 0 Å². The first kappa shape index (κ1) is 12.2. The highest BCUT2D eigenvalue weighted by molar-refractivity contribution is 5.08. The number of piperidine rings is 1. The minimum atomic E-state index is 0.537. The number of hydrogen-bond donors (Lipinski definition) is 1. The summed E-state index contributed by atoms with van der Waals surface area (Å²) in [6, 6.07) is 1.22. The highest BCUT2D eigenvalue weighted by Crippen LogP contribution is 2.36. The van der Waals surface area contributed by atoms with Gasteiger partial charge in [0.1, 0.15) is 0 Å². The normalized spacial score (nSPS) is 33.5. The summed E-state index contributed by atoms with van der Waals surface area (Å²) >= 11 is 0. The maximum Gasteiger partial charge on any atom is 0.0951 e. The fourth-order valence-corrected chi connectivity index (χ4v) is 3.68. The Bertz CT molecular complexity index is 379. The Hall–Kier alpha value is -0.830. The van der Waals surface area contributed by atoms with Gasteiger partial charge in [-0.15, -0.1) is 0 Å². The molecule has 100 valence electrons. The largest absolute Gasteiger partial charge is 0.330 e. The van der Waals surface area contributed by atoms with Crippen LogP contribution in [0, 0.1) is 5.92 Å². The molecule has 3 heteroatoms. The van der Waals surface area contributed by atoms with E-state index in [1.54, 1.807) is 0 Å². The smallest absolute Gasteiger partial charge is 0.0951 e. The third-order valence-corrected chi connectivity index (χ3v) is 4.79. The average Bonchev–Trinajstić information content (AvgIpc) is 2.89. The number of aromatic nitrogens is 2. The van der Waals surface area contributed by atoms with Crippen LogP contribution in [-0.2, 0) is 0 Å². The van der Waals surface area contributed by atoms with E-state index in [0.29, 0.717) is 12.1 Å². The summed E-state index contributed by atoms with van der Waals surface area (Å²) in [4.78, 5) is 4.43. The summed E-state index contributed by atoms with van der Waals surface area (Å²) in [5, 5.41) is 3.65. The van der Waals surface area contributed by atoms with E-state index >= 15 is 0 Å². The Balaban J connectivity index is 1.81. The van der Waals surface area contributed by atoms with Crippen LogP contribution in [-0.4, -0.2) is 16.1 Å². The average molecular weight is 247 g/mol. The van der Waals surface area contributed by atoms with Crippen LogP contribution in [0.15, 0.2) is 12.5 Å². The second-order valence-corrected chi connectivity index (χ2v) is 6.06. The first-order valence-electron chi connectivity index (χ1n) is 7.61. The van der Waals surface area contributed by atoms with E-state index in [1.165, 1.54) is 50.6 Å². The topological polar surface area (TPSA) is 29.9 Å². The van der Waals surface area contributed by atoms with Crippen molar-refractivity contribution in [2.45, 2.75) is 64.0 Å². The lowest BCUT2D eigenvalue weighted by Gasteiger charge is -2.33. The molecule has 3 nitrogen and oxygen atoms in total. The SMILES string of the molecule is CC1CCCCC1n1cncc1C1CCCCN1. The lowest BCUT2D eigenvalue weighted by Crippen LogP contribution is -2.31. The summed E-state index contributed by atoms with van der Waals surface area (Å²) < 4.78 is 2.48. The fourth-order valence-electron chi connectivity index (χ4n) is 3.68. The summed E-state index contributed by atoms with van der Waals surface area (Å²) in [6.45, 7) is 3.57. The van der Waals surface area contributed by atoms with Gasteiger partial charge in [-0.2, -0.15) is 0 Å². The molecular weight excluding hydrogens is 222 g/mol. The summed E-state index contributed by atoms with van der Waals surface area (Å²) in [5.74, 6) is 0.801. The molecule has 0 bridgehead atoms. The van der Waals surface area contributed by atoms with Crippen molar-refractivity contribution < 1.29 is 0 Å². The van der Waals surface area contributed by atoms with Gasteiger partial charge in [-0.1, -0.05) is 26.2 Å². The summed E-state index contributed by atoms with van der Waals surface area (Å²) in [6.07, 6.45) is 13.6. The Kier molecular flexibility index (Phi) is 3.69. The molecule has 2 heterocycles. The van der Waals surface area contributed by atoms with E-state index in [4.69, 9.17) is 0 Å². The van der Waals surface area contributed by atoms with Crippen LogP contribution in [0.4, 0.5) is 0 Å². The van der Waals surface area contributed by atoms with Crippen molar-refractivity contribution in [3.63, 3.8) is 0 Å². The maximum atomic E-state index is 4.43. The molecule has 3 unspecified atom stereocenters. The second-order valence-electron chi connectivity index (χ2n) is 6.06. The Labute approximate surface area is 110 Å². The molecule has 1 saturated heterocycles. The molecule has 0 amide bonds. The van der Waals surface area contributed by atoms with Crippen LogP contribution in [0.2, 0.25) is 0 Å². The summed E-state index contributed by atoms with van der Waals surface area (Å²) in [5.41, 5.74) is 1.42. The molecule has 0 aromatic carbocycles. The van der Waals surface area contributed by atoms with Crippen LogP contribution in [0.25, 0.3) is 0 Å². The van der Waals surface area contributed by atoms with Crippen molar-refractivity contribution in [2.24, 2.45) is 5.92 Å². The van der Waals surface area contributed by atoms with E-state index in [1.807, 2.05) is 0 Å². The predicted octanol–water partition coefficient (Wildman–Crippen LogP) is 3.45. The van der Waals surface area contributed by atoms with Gasteiger partial charge in [0.2, 0.25) is 0 Å². The standard InChI is InChI=1S/C15H25N3/c1-12-6-2-3-8-14(12)18-11-16-10-15(18)13-7-4-5-9-17-13/h10-14,17H,2-9H2,1H3. The first-order chi connectivity index (χ1) is 8.86. The van der Waals surface area contributed by atoms with Gasteiger partial charge in [0, 0.05) is 18.3 Å². The van der Waals surface area contributed by atoms with Crippen molar-refractivity contribution in [2.75, 3.05) is 6.54 Å². The van der Waals surface area contributed by atoms with Gasteiger partial charge < -0.3 is 9.88 Å². The zero-order valence-corrected chi connectivity index (χ0v) is 11.4. The summed E-state index contributed by atoms with van der Waals surface area (Å²) in [7, 11) is 0. The molecule has 1 saturated carbocycles. The maximum absolute atomic E-state index is 4.43. The van der Waals surface area contributed by atoms with Crippen molar-refractivity contribution in [3.8, 4) is 0 Å². The van der Waals surface area contributed by atoms with Crippen LogP contribution in [0.3, 0.4) is 0 Å². The van der Waals surface area contributed by atoms with E-state index in [2.05, 4.69) is 34.3 Å². The van der Waals surface area contributed by atoms with Crippen LogP contribution >= 0.6 is 0 Å². The molecule has 1 aliphatic heterocycles. The molecule has 2 aliphatic rings. The van der Waals surface area contributed by atoms with Crippen molar-refractivity contribution >= 4 is 0 Å². The number of nitrogens with zero attached hydrogens (tertiary/aromatic N) is 2. The van der Waals surface area contributed by atoms with E-state index in [0.717, 1.165) is 12.5 Å². The van der Waals surface area contributed by atoms with Gasteiger partial charge >= 0.3 is 0 Å². The quantitative estimate of drug-likeness (QED) is 0.867. The van der Waals surface area contributed by atoms with Gasteiger partial charge in [-0.05, 0) is 38.1 Å². The van der Waals surface area contributed by atoms with Crippen LogP contribution in [0.1, 0.15) is 69.6 Å². The zero-order valence-electron chi connectivity index (χ0n) is 11.4. The molecule has 3 rings (SSSR count). The monoisotopic (exact) mass is 247 g/mol. The molecular formula is C15H25N3. The van der Waals surface area contributed by atoms with Crippen LogP contribution < -0.4 is 5.32 Å². The predicted molar refractivity (Wildman–Crippen MR) is 73.5 cm³/mol. The van der Waals surface area contributed by atoms with Crippen molar-refractivity contribution in [3.05, 3.63) is 18.2 Å². The second kappa shape index (κ2) is 5.43. The molecule has 0 spiro atoms. The molecule has 1 N–H and O–H groups in total. The molecule has 1 aliphatic carbocycles. The highest BCUT2D eigenvalue weighted by atomic mass is 15.1. The first-order valence-corrected chi connectivity index (χ1v) is 7.61.